The van der Waals surface area contributed by atoms with Gasteiger partial charge in [0.15, 0.2) is 0 Å². The second-order valence-electron chi connectivity index (χ2n) is 4.06. The molecule has 0 unspecified atom stereocenters. The number of carboxylic acid groups (broad SMARTS) is 1. The SMILES string of the molecule is Cc1cc(C(=O)O)cc(OCc2cccc(Cl)c2)n1. The fourth-order valence-corrected chi connectivity index (χ4v) is 1.83. The highest BCUT2D eigenvalue weighted by Crippen LogP contribution is 2.16. The Hall–Kier alpha value is -2.07. The smallest absolute Gasteiger partial charge is 0.335 e. The van der Waals surface area contributed by atoms with E-state index in [0.29, 0.717) is 10.7 Å². The van der Waals surface area contributed by atoms with E-state index < -0.39 is 5.97 Å². The molecule has 1 aromatic carbocycles. The lowest BCUT2D eigenvalue weighted by molar-refractivity contribution is 0.0696. The molecule has 0 aliphatic heterocycles. The minimum Gasteiger partial charge on any atom is -0.478 e. The molecule has 1 aromatic heterocycles. The predicted octanol–water partition coefficient (Wildman–Crippen LogP) is 3.32. The second-order valence-corrected chi connectivity index (χ2v) is 4.50. The highest BCUT2D eigenvalue weighted by Gasteiger charge is 2.07. The number of nitrogens with zero attached hydrogens (tertiary/aromatic N) is 1. The zero-order valence-electron chi connectivity index (χ0n) is 10.3. The number of aromatic nitrogens is 1. The molecular weight excluding hydrogens is 266 g/mol. The van der Waals surface area contributed by atoms with Crippen LogP contribution in [0.4, 0.5) is 0 Å². The summed E-state index contributed by atoms with van der Waals surface area (Å²) >= 11 is 5.87. The first-order valence-electron chi connectivity index (χ1n) is 5.64. The molecule has 98 valence electrons. The highest BCUT2D eigenvalue weighted by atomic mass is 35.5. The third kappa shape index (κ3) is 3.69. The fraction of sp³-hybridized carbons (Fsp3) is 0.143. The maximum atomic E-state index is 10.9. The van der Waals surface area contributed by atoms with Crippen LogP contribution in [0.3, 0.4) is 0 Å². The normalized spacial score (nSPS) is 10.2. The van der Waals surface area contributed by atoms with Crippen LogP contribution in [0, 0.1) is 6.92 Å². The molecular formula is C14H12ClNO3. The van der Waals surface area contributed by atoms with Crippen molar-refractivity contribution in [3.05, 3.63) is 58.2 Å². The molecule has 0 amide bonds. The maximum absolute atomic E-state index is 10.9. The first kappa shape index (κ1) is 13.4. The summed E-state index contributed by atoms with van der Waals surface area (Å²) in [5.41, 5.74) is 1.65. The average molecular weight is 278 g/mol. The van der Waals surface area contributed by atoms with Gasteiger partial charge in [-0.1, -0.05) is 23.7 Å². The molecule has 5 heteroatoms. The van der Waals surface area contributed by atoms with Crippen molar-refractivity contribution in [1.82, 2.24) is 4.98 Å². The van der Waals surface area contributed by atoms with E-state index >= 15 is 0 Å². The average Bonchev–Trinajstić information content (AvgIpc) is 2.36. The summed E-state index contributed by atoms with van der Waals surface area (Å²) in [6, 6.07) is 10.2. The van der Waals surface area contributed by atoms with E-state index in [9.17, 15) is 4.79 Å². The summed E-state index contributed by atoms with van der Waals surface area (Å²) in [4.78, 5) is 15.1. The summed E-state index contributed by atoms with van der Waals surface area (Å²) < 4.78 is 5.49. The molecule has 19 heavy (non-hydrogen) atoms. The number of hydrogen-bond acceptors (Lipinski definition) is 3. The molecule has 4 nitrogen and oxygen atoms in total. The summed E-state index contributed by atoms with van der Waals surface area (Å²) in [6.07, 6.45) is 0. The van der Waals surface area contributed by atoms with Gasteiger partial charge in [-0.3, -0.25) is 0 Å². The van der Waals surface area contributed by atoms with Crippen LogP contribution < -0.4 is 4.74 Å². The van der Waals surface area contributed by atoms with Crippen molar-refractivity contribution in [3.63, 3.8) is 0 Å². The Labute approximate surface area is 115 Å². The van der Waals surface area contributed by atoms with Gasteiger partial charge in [-0.2, -0.15) is 0 Å². The number of rotatable bonds is 4. The summed E-state index contributed by atoms with van der Waals surface area (Å²) in [5, 5.41) is 9.58. The lowest BCUT2D eigenvalue weighted by Gasteiger charge is -2.07. The fourth-order valence-electron chi connectivity index (χ4n) is 1.62. The van der Waals surface area contributed by atoms with Crippen LogP contribution in [-0.4, -0.2) is 16.1 Å². The van der Waals surface area contributed by atoms with Gasteiger partial charge in [0.25, 0.3) is 0 Å². The number of carboxylic acids is 1. The van der Waals surface area contributed by atoms with Crippen LogP contribution in [0.15, 0.2) is 36.4 Å². The number of benzene rings is 1. The molecule has 1 heterocycles. The van der Waals surface area contributed by atoms with Gasteiger partial charge in [0.1, 0.15) is 6.61 Å². The third-order valence-corrected chi connectivity index (χ3v) is 2.69. The summed E-state index contributed by atoms with van der Waals surface area (Å²) in [5.74, 6) is -0.713. The van der Waals surface area contributed by atoms with Crippen molar-refractivity contribution < 1.29 is 14.6 Å². The highest BCUT2D eigenvalue weighted by molar-refractivity contribution is 6.30. The molecule has 0 atom stereocenters. The van der Waals surface area contributed by atoms with Crippen molar-refractivity contribution in [3.8, 4) is 5.88 Å². The maximum Gasteiger partial charge on any atom is 0.335 e. The van der Waals surface area contributed by atoms with E-state index in [1.807, 2.05) is 12.1 Å². The Morgan fingerprint density at radius 3 is 2.84 bits per heavy atom. The van der Waals surface area contributed by atoms with Crippen LogP contribution in [0.25, 0.3) is 0 Å². The molecule has 0 bridgehead atoms. The molecule has 0 saturated heterocycles. The lowest BCUT2D eigenvalue weighted by atomic mass is 10.2. The Kier molecular flexibility index (Phi) is 4.02. The first-order chi connectivity index (χ1) is 9.04. The summed E-state index contributed by atoms with van der Waals surface area (Å²) in [7, 11) is 0. The van der Waals surface area contributed by atoms with Gasteiger partial charge in [0.05, 0.1) is 5.56 Å². The molecule has 2 aromatic rings. The van der Waals surface area contributed by atoms with E-state index in [1.54, 1.807) is 19.1 Å². The molecule has 0 saturated carbocycles. The van der Waals surface area contributed by atoms with Crippen molar-refractivity contribution >= 4 is 17.6 Å². The van der Waals surface area contributed by atoms with Gasteiger partial charge in [-0.15, -0.1) is 0 Å². The lowest BCUT2D eigenvalue weighted by Crippen LogP contribution is -2.02. The number of aromatic carboxylic acids is 1. The zero-order chi connectivity index (χ0) is 13.8. The van der Waals surface area contributed by atoms with Crippen LogP contribution in [-0.2, 0) is 6.61 Å². The van der Waals surface area contributed by atoms with Crippen LogP contribution in [0.2, 0.25) is 5.02 Å². The predicted molar refractivity (Wildman–Crippen MR) is 71.7 cm³/mol. The molecule has 0 aliphatic rings. The summed E-state index contributed by atoms with van der Waals surface area (Å²) in [6.45, 7) is 2.01. The van der Waals surface area contributed by atoms with E-state index in [2.05, 4.69) is 4.98 Å². The monoisotopic (exact) mass is 277 g/mol. The largest absolute Gasteiger partial charge is 0.478 e. The Bertz CT molecular complexity index is 613. The standard InChI is InChI=1S/C14H12ClNO3/c1-9-5-11(14(17)18)7-13(16-9)19-8-10-3-2-4-12(15)6-10/h2-7H,8H2,1H3,(H,17,18). The third-order valence-electron chi connectivity index (χ3n) is 2.45. The number of hydrogen-bond donors (Lipinski definition) is 1. The quantitative estimate of drug-likeness (QED) is 0.931. The number of halogens is 1. The van der Waals surface area contributed by atoms with E-state index in [-0.39, 0.29) is 18.1 Å². The van der Waals surface area contributed by atoms with Gasteiger partial charge in [-0.05, 0) is 30.7 Å². The van der Waals surface area contributed by atoms with E-state index in [0.717, 1.165) is 5.56 Å². The Morgan fingerprint density at radius 2 is 2.16 bits per heavy atom. The topological polar surface area (TPSA) is 59.4 Å². The molecule has 0 aliphatic carbocycles. The van der Waals surface area contributed by atoms with Crippen LogP contribution >= 0.6 is 11.6 Å². The molecule has 0 radical (unpaired) electrons. The number of carbonyl (C=O) groups is 1. The first-order valence-corrected chi connectivity index (χ1v) is 6.01. The van der Waals surface area contributed by atoms with Gasteiger partial charge in [0.2, 0.25) is 5.88 Å². The van der Waals surface area contributed by atoms with Crippen molar-refractivity contribution in [2.75, 3.05) is 0 Å². The Morgan fingerprint density at radius 1 is 1.37 bits per heavy atom. The number of aryl methyl sites for hydroxylation is 1. The minimum atomic E-state index is -1.00. The number of pyridine rings is 1. The van der Waals surface area contributed by atoms with Crippen LogP contribution in [0.1, 0.15) is 21.6 Å². The Balaban J connectivity index is 2.13. The second kappa shape index (κ2) is 5.71. The van der Waals surface area contributed by atoms with Crippen molar-refractivity contribution in [1.29, 1.82) is 0 Å². The minimum absolute atomic E-state index is 0.161. The van der Waals surface area contributed by atoms with E-state index in [1.165, 1.54) is 12.1 Å². The van der Waals surface area contributed by atoms with Gasteiger partial charge in [0, 0.05) is 16.8 Å². The van der Waals surface area contributed by atoms with Crippen molar-refractivity contribution in [2.45, 2.75) is 13.5 Å². The van der Waals surface area contributed by atoms with Gasteiger partial charge in [-0.25, -0.2) is 9.78 Å². The van der Waals surface area contributed by atoms with Gasteiger partial charge >= 0.3 is 5.97 Å². The molecule has 0 spiro atoms. The molecule has 0 fully saturated rings. The van der Waals surface area contributed by atoms with Crippen LogP contribution in [0.5, 0.6) is 5.88 Å². The molecule has 2 rings (SSSR count). The van der Waals surface area contributed by atoms with Gasteiger partial charge < -0.3 is 9.84 Å². The number of ether oxygens (including phenoxy) is 1. The van der Waals surface area contributed by atoms with E-state index in [4.69, 9.17) is 21.4 Å². The van der Waals surface area contributed by atoms with Crippen molar-refractivity contribution in [2.24, 2.45) is 0 Å². The molecule has 1 N–H and O–H groups in total. The zero-order valence-corrected chi connectivity index (χ0v) is 11.0.